The van der Waals surface area contributed by atoms with Gasteiger partial charge in [0.15, 0.2) is 0 Å². The highest BCUT2D eigenvalue weighted by Crippen LogP contribution is 2.24. The van der Waals surface area contributed by atoms with Crippen molar-refractivity contribution in [1.82, 2.24) is 4.57 Å². The molecule has 0 unspecified atom stereocenters. The minimum Gasteiger partial charge on any atom is -0.494 e. The third-order valence-corrected chi connectivity index (χ3v) is 5.33. The molecule has 7 heteroatoms. The monoisotopic (exact) mass is 379 g/mol. The Labute approximate surface area is 153 Å². The zero-order chi connectivity index (χ0) is 17.1. The summed E-state index contributed by atoms with van der Waals surface area (Å²) < 4.78 is 8.62. The van der Waals surface area contributed by atoms with Crippen molar-refractivity contribution >= 4 is 51.0 Å². The van der Waals surface area contributed by atoms with Gasteiger partial charge in [0, 0.05) is 12.6 Å². The summed E-state index contributed by atoms with van der Waals surface area (Å²) in [4.78, 5) is 0.785. The first kappa shape index (κ1) is 17.0. The van der Waals surface area contributed by atoms with Gasteiger partial charge >= 0.3 is 0 Å². The molecule has 0 amide bonds. The van der Waals surface area contributed by atoms with E-state index in [1.54, 1.807) is 23.6 Å². The molecule has 0 saturated carbocycles. The van der Waals surface area contributed by atoms with Crippen molar-refractivity contribution in [3.63, 3.8) is 0 Å². The lowest BCUT2D eigenvalue weighted by atomic mass is 10.2. The molecule has 1 heterocycles. The third-order valence-electron chi connectivity index (χ3n) is 3.41. The Morgan fingerprint density at radius 1 is 1.25 bits per heavy atom. The van der Waals surface area contributed by atoms with Crippen molar-refractivity contribution in [2.75, 3.05) is 6.61 Å². The van der Waals surface area contributed by atoms with E-state index < -0.39 is 0 Å². The van der Waals surface area contributed by atoms with Crippen LogP contribution < -0.4 is 9.54 Å². The Hall–Kier alpha value is -1.82. The van der Waals surface area contributed by atoms with E-state index in [1.165, 1.54) is 0 Å². The summed E-state index contributed by atoms with van der Waals surface area (Å²) in [5.74, 6) is 0.854. The van der Waals surface area contributed by atoms with Gasteiger partial charge in [-0.05, 0) is 31.2 Å². The van der Waals surface area contributed by atoms with Gasteiger partial charge in [-0.2, -0.15) is 5.10 Å². The maximum atomic E-state index is 6.14. The first-order valence-electron chi connectivity index (χ1n) is 7.33. The Morgan fingerprint density at radius 3 is 2.88 bits per heavy atom. The highest BCUT2D eigenvalue weighted by atomic mass is 35.5. The number of fused-ring (bicyclic) bond motifs is 1. The fourth-order valence-electron chi connectivity index (χ4n) is 2.23. The number of rotatable bonds is 4. The van der Waals surface area contributed by atoms with E-state index in [-0.39, 0.29) is 0 Å². The van der Waals surface area contributed by atoms with Gasteiger partial charge in [0.1, 0.15) is 5.75 Å². The van der Waals surface area contributed by atoms with Crippen molar-refractivity contribution < 1.29 is 4.74 Å². The van der Waals surface area contributed by atoms with E-state index in [4.69, 9.17) is 27.9 Å². The van der Waals surface area contributed by atoms with Gasteiger partial charge in [-0.25, -0.2) is 0 Å². The summed E-state index contributed by atoms with van der Waals surface area (Å²) in [7, 11) is 1.96. The minimum atomic E-state index is 0.472. The number of nitrogens with zero attached hydrogens (tertiary/aromatic N) is 3. The summed E-state index contributed by atoms with van der Waals surface area (Å²) in [6, 6.07) is 11.4. The molecule has 24 heavy (non-hydrogen) atoms. The van der Waals surface area contributed by atoms with Gasteiger partial charge in [-0.1, -0.05) is 46.7 Å². The normalized spacial score (nSPS) is 12.4. The van der Waals surface area contributed by atoms with Crippen LogP contribution in [0.1, 0.15) is 12.5 Å². The molecule has 0 aliphatic rings. The van der Waals surface area contributed by atoms with Crippen molar-refractivity contribution in [1.29, 1.82) is 0 Å². The molecule has 0 spiro atoms. The number of hydrogen-bond acceptors (Lipinski definition) is 4. The fraction of sp³-hybridized carbons (Fsp3) is 0.176. The number of benzene rings is 2. The second-order valence-corrected chi connectivity index (χ2v) is 6.79. The van der Waals surface area contributed by atoms with Crippen LogP contribution in [0.4, 0.5) is 0 Å². The average Bonchev–Trinajstić information content (AvgIpc) is 2.88. The van der Waals surface area contributed by atoms with E-state index in [2.05, 4.69) is 10.2 Å². The quantitative estimate of drug-likeness (QED) is 0.470. The molecule has 0 radical (unpaired) electrons. The molecule has 0 saturated heterocycles. The fourth-order valence-corrected chi connectivity index (χ4v) is 3.59. The number of hydrogen-bond donors (Lipinski definition) is 0. The maximum absolute atomic E-state index is 6.14. The third kappa shape index (κ3) is 3.48. The van der Waals surface area contributed by atoms with Crippen molar-refractivity contribution in [2.45, 2.75) is 6.92 Å². The number of aryl methyl sites for hydroxylation is 1. The van der Waals surface area contributed by atoms with Crippen LogP contribution in [0.5, 0.6) is 5.75 Å². The first-order chi connectivity index (χ1) is 11.6. The predicted octanol–water partition coefficient (Wildman–Crippen LogP) is 4.88. The van der Waals surface area contributed by atoms with E-state index in [1.807, 2.05) is 48.9 Å². The number of aromatic nitrogens is 1. The molecular weight excluding hydrogens is 365 g/mol. The van der Waals surface area contributed by atoms with Crippen LogP contribution in [-0.2, 0) is 7.05 Å². The molecule has 3 rings (SSSR count). The van der Waals surface area contributed by atoms with Crippen molar-refractivity contribution in [3.8, 4) is 5.75 Å². The Balaban J connectivity index is 1.96. The van der Waals surface area contributed by atoms with Gasteiger partial charge in [-0.15, -0.1) is 5.10 Å². The highest BCUT2D eigenvalue weighted by molar-refractivity contribution is 7.16. The van der Waals surface area contributed by atoms with E-state index in [0.717, 1.165) is 26.3 Å². The van der Waals surface area contributed by atoms with Crippen LogP contribution >= 0.6 is 34.5 Å². The van der Waals surface area contributed by atoms with Gasteiger partial charge in [0.25, 0.3) is 0 Å². The molecule has 4 nitrogen and oxygen atoms in total. The summed E-state index contributed by atoms with van der Waals surface area (Å²) in [6.07, 6.45) is 1.60. The van der Waals surface area contributed by atoms with Gasteiger partial charge in [0.05, 0.1) is 33.1 Å². The summed E-state index contributed by atoms with van der Waals surface area (Å²) in [5, 5.41) is 9.41. The standard InChI is InChI=1S/C17H15Cl2N3OS/c1-3-23-12-7-8-14-15(9-12)24-17(22(14)2)21-20-10-11-5-4-6-13(18)16(11)19/h4-10H,3H2,1-2H3. The first-order valence-corrected chi connectivity index (χ1v) is 8.91. The zero-order valence-electron chi connectivity index (χ0n) is 13.2. The number of halogens is 2. The topological polar surface area (TPSA) is 38.9 Å². The largest absolute Gasteiger partial charge is 0.494 e. The van der Waals surface area contributed by atoms with Crippen LogP contribution in [0, 0.1) is 0 Å². The molecule has 3 aromatic rings. The molecular formula is C17H15Cl2N3OS. The van der Waals surface area contributed by atoms with Crippen LogP contribution in [0.3, 0.4) is 0 Å². The predicted molar refractivity (Wildman–Crippen MR) is 102 cm³/mol. The second-order valence-electron chi connectivity index (χ2n) is 4.99. The lowest BCUT2D eigenvalue weighted by Gasteiger charge is -2.02. The molecule has 0 N–H and O–H groups in total. The molecule has 0 aliphatic heterocycles. The molecule has 0 atom stereocenters. The van der Waals surface area contributed by atoms with E-state index >= 15 is 0 Å². The SMILES string of the molecule is CCOc1ccc2c(c1)sc(=NN=Cc1cccc(Cl)c1Cl)n2C. The number of ether oxygens (including phenoxy) is 1. The maximum Gasteiger partial charge on any atom is 0.211 e. The average molecular weight is 380 g/mol. The molecule has 0 fully saturated rings. The smallest absolute Gasteiger partial charge is 0.211 e. The second kappa shape index (κ2) is 7.38. The Morgan fingerprint density at radius 2 is 2.08 bits per heavy atom. The zero-order valence-corrected chi connectivity index (χ0v) is 15.5. The number of thiazole rings is 1. The van der Waals surface area contributed by atoms with E-state index in [0.29, 0.717) is 16.7 Å². The molecule has 0 aliphatic carbocycles. The summed E-state index contributed by atoms with van der Waals surface area (Å²) >= 11 is 13.7. The van der Waals surface area contributed by atoms with Crippen LogP contribution in [0.2, 0.25) is 10.0 Å². The van der Waals surface area contributed by atoms with Crippen molar-refractivity contribution in [3.05, 3.63) is 56.8 Å². The summed E-state index contributed by atoms with van der Waals surface area (Å²) in [6.45, 7) is 2.61. The molecule has 0 bridgehead atoms. The lowest BCUT2D eigenvalue weighted by Crippen LogP contribution is -2.08. The van der Waals surface area contributed by atoms with Crippen LogP contribution in [0.25, 0.3) is 10.2 Å². The van der Waals surface area contributed by atoms with Crippen molar-refractivity contribution in [2.24, 2.45) is 17.3 Å². The molecule has 124 valence electrons. The Bertz CT molecular complexity index is 976. The minimum absolute atomic E-state index is 0.472. The van der Waals surface area contributed by atoms with E-state index in [9.17, 15) is 0 Å². The highest BCUT2D eigenvalue weighted by Gasteiger charge is 2.05. The Kier molecular flexibility index (Phi) is 5.23. The van der Waals surface area contributed by atoms with Gasteiger partial charge < -0.3 is 9.30 Å². The molecule has 2 aromatic carbocycles. The summed E-state index contributed by atoms with van der Waals surface area (Å²) in [5.41, 5.74) is 1.81. The van der Waals surface area contributed by atoms with Gasteiger partial charge in [0.2, 0.25) is 4.80 Å². The van der Waals surface area contributed by atoms with Gasteiger partial charge in [-0.3, -0.25) is 0 Å². The lowest BCUT2D eigenvalue weighted by molar-refractivity contribution is 0.341. The van der Waals surface area contributed by atoms with Crippen LogP contribution in [-0.4, -0.2) is 17.4 Å². The van der Waals surface area contributed by atoms with Crippen LogP contribution in [0.15, 0.2) is 46.6 Å². The molecule has 1 aromatic heterocycles.